The summed E-state index contributed by atoms with van der Waals surface area (Å²) in [6.45, 7) is 9.24. The van der Waals surface area contributed by atoms with Gasteiger partial charge in [0.05, 0.1) is 0 Å². The highest BCUT2D eigenvalue weighted by molar-refractivity contribution is 5.94. The van der Waals surface area contributed by atoms with Crippen molar-refractivity contribution in [3.63, 3.8) is 0 Å². The molecule has 2 aromatic rings. The van der Waals surface area contributed by atoms with Gasteiger partial charge in [0.2, 0.25) is 11.7 Å². The SMILES string of the molecule is Cc1nc(COc2ccc(C(=O)N3CCN(C(=O)OC(C)(C)C)CC3)cc2)no1. The van der Waals surface area contributed by atoms with E-state index < -0.39 is 5.60 Å². The summed E-state index contributed by atoms with van der Waals surface area (Å²) in [5.41, 5.74) is 0.0367. The van der Waals surface area contributed by atoms with Crippen LogP contribution in [0.3, 0.4) is 0 Å². The molecular formula is C20H26N4O5. The van der Waals surface area contributed by atoms with Gasteiger partial charge < -0.3 is 23.8 Å². The van der Waals surface area contributed by atoms with Gasteiger partial charge in [0.15, 0.2) is 6.61 Å². The number of aromatic nitrogens is 2. The third kappa shape index (κ3) is 5.69. The molecule has 3 rings (SSSR count). The van der Waals surface area contributed by atoms with Gasteiger partial charge in [-0.05, 0) is 45.0 Å². The van der Waals surface area contributed by atoms with E-state index in [0.29, 0.717) is 49.2 Å². The Balaban J connectivity index is 1.50. The summed E-state index contributed by atoms with van der Waals surface area (Å²) < 4.78 is 15.9. The second-order valence-corrected chi connectivity index (χ2v) is 7.80. The van der Waals surface area contributed by atoms with Crippen molar-refractivity contribution < 1.29 is 23.6 Å². The average molecular weight is 402 g/mol. The first-order chi connectivity index (χ1) is 13.7. The standard InChI is InChI=1S/C20H26N4O5/c1-14-21-17(22-29-14)13-27-16-7-5-15(6-8-16)18(25)23-9-11-24(12-10-23)19(26)28-20(2,3)4/h5-8H,9-13H2,1-4H3. The lowest BCUT2D eigenvalue weighted by atomic mass is 10.1. The van der Waals surface area contributed by atoms with Crippen LogP contribution in [0.25, 0.3) is 0 Å². The first-order valence-corrected chi connectivity index (χ1v) is 9.50. The Bertz CT molecular complexity index is 849. The number of carbonyl (C=O) groups is 2. The summed E-state index contributed by atoms with van der Waals surface area (Å²) in [6, 6.07) is 6.91. The summed E-state index contributed by atoms with van der Waals surface area (Å²) >= 11 is 0. The van der Waals surface area contributed by atoms with E-state index in [9.17, 15) is 9.59 Å². The van der Waals surface area contributed by atoms with Crippen LogP contribution in [0.1, 0.15) is 42.8 Å². The molecule has 2 amide bonds. The molecular weight excluding hydrogens is 376 g/mol. The predicted molar refractivity (Wildman–Crippen MR) is 104 cm³/mol. The molecule has 0 atom stereocenters. The zero-order valence-corrected chi connectivity index (χ0v) is 17.2. The molecule has 29 heavy (non-hydrogen) atoms. The van der Waals surface area contributed by atoms with Crippen molar-refractivity contribution in [2.45, 2.75) is 39.9 Å². The largest absolute Gasteiger partial charge is 0.485 e. The minimum Gasteiger partial charge on any atom is -0.485 e. The monoisotopic (exact) mass is 402 g/mol. The van der Waals surface area contributed by atoms with Crippen molar-refractivity contribution in [3.05, 3.63) is 41.5 Å². The molecule has 0 radical (unpaired) electrons. The van der Waals surface area contributed by atoms with Gasteiger partial charge in [-0.2, -0.15) is 4.98 Å². The molecule has 2 heterocycles. The molecule has 9 heteroatoms. The van der Waals surface area contributed by atoms with Gasteiger partial charge in [-0.3, -0.25) is 4.79 Å². The number of carbonyl (C=O) groups excluding carboxylic acids is 2. The van der Waals surface area contributed by atoms with E-state index in [1.807, 2.05) is 20.8 Å². The maximum Gasteiger partial charge on any atom is 0.410 e. The van der Waals surface area contributed by atoms with Crippen LogP contribution in [-0.4, -0.2) is 63.7 Å². The Morgan fingerprint density at radius 3 is 2.24 bits per heavy atom. The Hall–Kier alpha value is -3.10. The lowest BCUT2D eigenvalue weighted by Crippen LogP contribution is -2.51. The van der Waals surface area contributed by atoms with Gasteiger partial charge in [-0.15, -0.1) is 0 Å². The number of hydrogen-bond donors (Lipinski definition) is 0. The molecule has 0 unspecified atom stereocenters. The number of benzene rings is 1. The predicted octanol–water partition coefficient (Wildman–Crippen LogP) is 2.65. The smallest absolute Gasteiger partial charge is 0.410 e. The van der Waals surface area contributed by atoms with Gasteiger partial charge in [0, 0.05) is 38.7 Å². The van der Waals surface area contributed by atoms with Crippen molar-refractivity contribution in [2.24, 2.45) is 0 Å². The number of nitrogens with zero attached hydrogens (tertiary/aromatic N) is 4. The van der Waals surface area contributed by atoms with Crippen molar-refractivity contribution in [1.82, 2.24) is 19.9 Å². The molecule has 1 aliphatic heterocycles. The molecule has 1 aromatic heterocycles. The molecule has 0 saturated carbocycles. The van der Waals surface area contributed by atoms with Crippen molar-refractivity contribution in [3.8, 4) is 5.75 Å². The van der Waals surface area contributed by atoms with E-state index in [2.05, 4.69) is 10.1 Å². The molecule has 156 valence electrons. The molecule has 0 bridgehead atoms. The van der Waals surface area contributed by atoms with Crippen LogP contribution in [0.5, 0.6) is 5.75 Å². The summed E-state index contributed by atoms with van der Waals surface area (Å²) in [5, 5.41) is 3.77. The Labute approximate surface area is 169 Å². The molecule has 9 nitrogen and oxygen atoms in total. The maximum absolute atomic E-state index is 12.7. The van der Waals surface area contributed by atoms with Crippen molar-refractivity contribution in [1.29, 1.82) is 0 Å². The fourth-order valence-electron chi connectivity index (χ4n) is 2.84. The number of hydrogen-bond acceptors (Lipinski definition) is 7. The quantitative estimate of drug-likeness (QED) is 0.775. The fraction of sp³-hybridized carbons (Fsp3) is 0.500. The highest BCUT2D eigenvalue weighted by Crippen LogP contribution is 2.17. The number of aryl methyl sites for hydroxylation is 1. The van der Waals surface area contributed by atoms with Gasteiger partial charge >= 0.3 is 6.09 Å². The van der Waals surface area contributed by atoms with Crippen LogP contribution in [0.15, 0.2) is 28.8 Å². The molecule has 1 saturated heterocycles. The third-order valence-electron chi connectivity index (χ3n) is 4.26. The van der Waals surface area contributed by atoms with Gasteiger partial charge in [0.25, 0.3) is 5.91 Å². The van der Waals surface area contributed by atoms with E-state index in [4.69, 9.17) is 14.0 Å². The first-order valence-electron chi connectivity index (χ1n) is 9.50. The molecule has 1 aromatic carbocycles. The third-order valence-corrected chi connectivity index (χ3v) is 4.26. The minimum absolute atomic E-state index is 0.0748. The van der Waals surface area contributed by atoms with Gasteiger partial charge in [-0.25, -0.2) is 4.79 Å². The van der Waals surface area contributed by atoms with Crippen LogP contribution < -0.4 is 4.74 Å². The van der Waals surface area contributed by atoms with E-state index >= 15 is 0 Å². The van der Waals surface area contributed by atoms with Crippen LogP contribution in [0.4, 0.5) is 4.79 Å². The normalized spacial score (nSPS) is 14.6. The lowest BCUT2D eigenvalue weighted by Gasteiger charge is -2.35. The molecule has 0 aliphatic carbocycles. The Morgan fingerprint density at radius 1 is 1.07 bits per heavy atom. The number of rotatable bonds is 4. The summed E-state index contributed by atoms with van der Waals surface area (Å²) in [6.07, 6.45) is -0.345. The number of amides is 2. The maximum atomic E-state index is 12.7. The van der Waals surface area contributed by atoms with Crippen LogP contribution >= 0.6 is 0 Å². The second kappa shape index (κ2) is 8.50. The highest BCUT2D eigenvalue weighted by atomic mass is 16.6. The average Bonchev–Trinajstić information content (AvgIpc) is 3.10. The van der Waals surface area contributed by atoms with E-state index in [0.717, 1.165) is 0 Å². The zero-order valence-electron chi connectivity index (χ0n) is 17.2. The molecule has 1 aliphatic rings. The molecule has 0 spiro atoms. The summed E-state index contributed by atoms with van der Waals surface area (Å²) in [4.78, 5) is 32.3. The molecule has 1 fully saturated rings. The Morgan fingerprint density at radius 2 is 1.69 bits per heavy atom. The topological polar surface area (TPSA) is 98.0 Å². The highest BCUT2D eigenvalue weighted by Gasteiger charge is 2.28. The van der Waals surface area contributed by atoms with Crippen LogP contribution in [0.2, 0.25) is 0 Å². The lowest BCUT2D eigenvalue weighted by molar-refractivity contribution is 0.0141. The summed E-state index contributed by atoms with van der Waals surface area (Å²) in [7, 11) is 0. The van der Waals surface area contributed by atoms with E-state index in [1.54, 1.807) is 41.0 Å². The van der Waals surface area contributed by atoms with Gasteiger partial charge in [-0.1, -0.05) is 5.16 Å². The van der Waals surface area contributed by atoms with Crippen molar-refractivity contribution >= 4 is 12.0 Å². The number of ether oxygens (including phenoxy) is 2. The minimum atomic E-state index is -0.531. The summed E-state index contributed by atoms with van der Waals surface area (Å²) in [5.74, 6) is 1.48. The Kier molecular flexibility index (Phi) is 6.05. The van der Waals surface area contributed by atoms with Crippen LogP contribution in [0, 0.1) is 6.92 Å². The van der Waals surface area contributed by atoms with Crippen LogP contribution in [-0.2, 0) is 11.3 Å². The zero-order chi connectivity index (χ0) is 21.0. The molecule has 0 N–H and O–H groups in total. The van der Waals surface area contributed by atoms with Gasteiger partial charge in [0.1, 0.15) is 11.4 Å². The second-order valence-electron chi connectivity index (χ2n) is 7.80. The van der Waals surface area contributed by atoms with Crippen molar-refractivity contribution in [2.75, 3.05) is 26.2 Å². The number of piperazine rings is 1. The first kappa shape index (κ1) is 20.6. The van der Waals surface area contributed by atoms with E-state index in [1.165, 1.54) is 0 Å². The fourth-order valence-corrected chi connectivity index (χ4v) is 2.84. The van der Waals surface area contributed by atoms with E-state index in [-0.39, 0.29) is 18.6 Å².